The minimum Gasteiger partial charge on any atom is -0.493 e. The van der Waals surface area contributed by atoms with Gasteiger partial charge in [-0.25, -0.2) is 6.57 Å². The van der Waals surface area contributed by atoms with Crippen molar-refractivity contribution in [2.75, 3.05) is 46.2 Å². The van der Waals surface area contributed by atoms with Crippen molar-refractivity contribution in [3.63, 3.8) is 0 Å². The fourth-order valence-corrected chi connectivity index (χ4v) is 8.40. The van der Waals surface area contributed by atoms with Gasteiger partial charge in [-0.2, -0.15) is 19.2 Å². The third-order valence-corrected chi connectivity index (χ3v) is 12.3. The molecule has 11 rings (SSSR count). The van der Waals surface area contributed by atoms with Gasteiger partial charge in [0.1, 0.15) is 28.7 Å². The maximum Gasteiger partial charge on any atom is 0.373 e. The quantitative estimate of drug-likeness (QED) is 0.122. The highest BCUT2D eigenvalue weighted by molar-refractivity contribution is 9.08. The Balaban J connectivity index is 0.000000165. The minimum absolute atomic E-state index is 0.109. The number of carbonyl (C=O) groups is 4. The first-order valence-electron chi connectivity index (χ1n) is 23.4. The molecular weight excluding hydrogens is 1010 g/mol. The molecule has 1 spiro atoms. The van der Waals surface area contributed by atoms with E-state index in [9.17, 15) is 19.2 Å². The summed E-state index contributed by atoms with van der Waals surface area (Å²) in [6.07, 6.45) is 4.26. The average molecular weight is 1060 g/mol. The average Bonchev–Trinajstić information content (AvgIpc) is 3.87. The summed E-state index contributed by atoms with van der Waals surface area (Å²) in [5.41, 5.74) is 9.37. The van der Waals surface area contributed by atoms with E-state index in [0.29, 0.717) is 89.8 Å². The fourth-order valence-electron chi connectivity index (χ4n) is 8.05. The van der Waals surface area contributed by atoms with Gasteiger partial charge in [-0.3, -0.25) is 19.2 Å². The topological polar surface area (TPSA) is 206 Å². The van der Waals surface area contributed by atoms with E-state index < -0.39 is 5.79 Å². The Morgan fingerprint density at radius 3 is 1.30 bits per heavy atom. The van der Waals surface area contributed by atoms with E-state index in [1.54, 1.807) is 12.1 Å². The highest BCUT2D eigenvalue weighted by Gasteiger charge is 2.43. The van der Waals surface area contributed by atoms with E-state index in [1.165, 1.54) is 5.56 Å². The third-order valence-electron chi connectivity index (χ3n) is 11.6. The van der Waals surface area contributed by atoms with Crippen LogP contribution in [-0.4, -0.2) is 81.7 Å². The summed E-state index contributed by atoms with van der Waals surface area (Å²) in [6, 6.07) is 28.8. The minimum atomic E-state index is -0.529. The maximum absolute atomic E-state index is 11.5. The molecule has 16 nitrogen and oxygen atoms in total. The molecule has 1 fully saturated rings. The zero-order chi connectivity index (χ0) is 52.8. The van der Waals surface area contributed by atoms with Crippen LogP contribution in [0.15, 0.2) is 91.0 Å². The lowest BCUT2D eigenvalue weighted by Crippen LogP contribution is -2.33. The van der Waals surface area contributed by atoms with Crippen molar-refractivity contribution in [2.24, 2.45) is 0 Å². The third kappa shape index (κ3) is 15.7. The van der Waals surface area contributed by atoms with Gasteiger partial charge in [0.25, 0.3) is 0 Å². The van der Waals surface area contributed by atoms with Crippen LogP contribution in [0.5, 0.6) is 28.7 Å². The number of rotatable bonds is 3. The van der Waals surface area contributed by atoms with E-state index in [4.69, 9.17) is 58.9 Å². The molecule has 0 aliphatic carbocycles. The van der Waals surface area contributed by atoms with Crippen molar-refractivity contribution >= 4 is 51.4 Å². The lowest BCUT2D eigenvalue weighted by Gasteiger charge is -2.33. The van der Waals surface area contributed by atoms with Crippen LogP contribution in [0.1, 0.15) is 114 Å². The number of aryl methyl sites for hydroxylation is 3. The molecule has 6 aliphatic rings. The molecule has 73 heavy (non-hydrogen) atoms. The van der Waals surface area contributed by atoms with Gasteiger partial charge in [-0.05, 0) is 98.1 Å². The highest BCUT2D eigenvalue weighted by atomic mass is 79.9. The molecule has 0 atom stereocenters. The maximum atomic E-state index is 11.5. The number of ketones is 4. The summed E-state index contributed by atoms with van der Waals surface area (Å²) >= 11 is 3.35. The lowest BCUT2D eigenvalue weighted by atomic mass is 9.96. The van der Waals surface area contributed by atoms with Crippen LogP contribution in [-0.2, 0) is 52.7 Å². The van der Waals surface area contributed by atoms with Crippen LogP contribution in [0, 0.1) is 20.4 Å². The molecule has 0 saturated carbocycles. The Morgan fingerprint density at radius 1 is 0.507 bits per heavy atom. The number of halogens is 1. The van der Waals surface area contributed by atoms with E-state index in [2.05, 4.69) is 39.8 Å². The van der Waals surface area contributed by atoms with Crippen molar-refractivity contribution in [1.29, 1.82) is 0 Å². The molecule has 0 unspecified atom stereocenters. The van der Waals surface area contributed by atoms with E-state index in [0.717, 1.165) is 85.7 Å². The Kier molecular flexibility index (Phi) is 22.0. The number of alkyl halides is 1. The fraction of sp³-hybridized carbons (Fsp3) is 0.339. The van der Waals surface area contributed by atoms with Crippen molar-refractivity contribution in [1.82, 2.24) is 0 Å². The second-order valence-corrected chi connectivity index (χ2v) is 17.2. The molecule has 0 radical (unpaired) electrons. The number of fused-ring (bicyclic) bond motifs is 6. The summed E-state index contributed by atoms with van der Waals surface area (Å²) in [4.78, 5) is 81.4. The predicted molar refractivity (Wildman–Crippen MR) is 265 cm³/mol. The Morgan fingerprint density at radius 2 is 0.877 bits per heavy atom. The van der Waals surface area contributed by atoms with Gasteiger partial charge in [0.05, 0.1) is 74.1 Å². The number of hydrogen-bond donors (Lipinski definition) is 0. The summed E-state index contributed by atoms with van der Waals surface area (Å²) < 4.78 is 38.6. The molecule has 17 heteroatoms. The molecule has 5 aromatic carbocycles. The first kappa shape index (κ1) is 56.3. The number of carbonyl (C=O) groups excluding carboxylic acids is 8. The molecule has 380 valence electrons. The smallest absolute Gasteiger partial charge is 0.373 e. The molecular formula is C56H54BrNO15. The summed E-state index contributed by atoms with van der Waals surface area (Å²) in [5.74, 6) is 3.90. The van der Waals surface area contributed by atoms with Crippen LogP contribution >= 0.6 is 15.9 Å². The number of Topliss-reactive ketones (excluding diaryl/α,β-unsaturated/α-hetero) is 4. The zero-order valence-corrected chi connectivity index (χ0v) is 42.3. The van der Waals surface area contributed by atoms with E-state index in [-0.39, 0.29) is 35.4 Å². The molecule has 0 bridgehead atoms. The van der Waals surface area contributed by atoms with Gasteiger partial charge in [-0.1, -0.05) is 58.2 Å². The van der Waals surface area contributed by atoms with Gasteiger partial charge < -0.3 is 38.0 Å². The standard InChI is InChI=1S/C13H16O3.C11H9NO2.C10H9BrO2.2C10H10O2.2CO2/c1-2-10-3-4-12-11(9-10)13(5-6-14-12)15-7-8-16-13;1-12-7-8-2-3-11-9(6-8)10(13)4-5-14-11;11-6-7-1-2-10-8(5-7)9(12)3-4-13-10;2*1-7-2-3-10-8(6-7)9(11)4-5-12-10;2*2-1-3/h3-4,9H,2,5-8H2,1H3;2-3,6H,4-5,7H2;1-2,5H,3-4,6H2;2*2-3,6H,4-5H2,1H3;;. The predicted octanol–water partition coefficient (Wildman–Crippen LogP) is 9.60. The normalized spacial score (nSPS) is 15.4. The highest BCUT2D eigenvalue weighted by Crippen LogP contribution is 2.43. The van der Waals surface area contributed by atoms with Crippen LogP contribution in [0.25, 0.3) is 4.85 Å². The first-order chi connectivity index (χ1) is 35.3. The summed E-state index contributed by atoms with van der Waals surface area (Å²) in [7, 11) is 0. The van der Waals surface area contributed by atoms with Gasteiger partial charge in [0.2, 0.25) is 12.3 Å². The SMILES string of the molecule is CCc1ccc2c(c1)C1(CCO2)OCCO1.Cc1ccc2c(c1)C(=O)CCO2.Cc1ccc2c(c1)C(=O)CCO2.O=C1CCOc2ccc(CBr)cc21.O=C=O.O=C=O.[C-]#[N+]Cc1ccc2c(c1)C(=O)CCO2. The number of benzene rings is 5. The largest absolute Gasteiger partial charge is 0.493 e. The van der Waals surface area contributed by atoms with Crippen LogP contribution in [0.3, 0.4) is 0 Å². The first-order valence-corrected chi connectivity index (χ1v) is 24.5. The van der Waals surface area contributed by atoms with Crippen LogP contribution in [0.4, 0.5) is 0 Å². The van der Waals surface area contributed by atoms with Crippen molar-refractivity contribution in [2.45, 2.75) is 77.0 Å². The second kappa shape index (κ2) is 28.5. The zero-order valence-electron chi connectivity index (χ0n) is 40.7. The molecule has 6 aliphatic heterocycles. The number of nitrogens with zero attached hydrogens (tertiary/aromatic N) is 1. The van der Waals surface area contributed by atoms with Crippen molar-refractivity contribution in [3.05, 3.63) is 158 Å². The number of hydrogen-bond acceptors (Lipinski definition) is 15. The monoisotopic (exact) mass is 1060 g/mol. The molecule has 5 aromatic rings. The van der Waals surface area contributed by atoms with E-state index in [1.807, 2.05) is 80.6 Å². The molecule has 0 aromatic heterocycles. The van der Waals surface area contributed by atoms with Crippen LogP contribution in [0.2, 0.25) is 0 Å². The Hall–Kier alpha value is -7.57. The molecule has 1 saturated heterocycles. The summed E-state index contributed by atoms with van der Waals surface area (Å²) in [6.45, 7) is 17.2. The van der Waals surface area contributed by atoms with Gasteiger partial charge >= 0.3 is 12.3 Å². The van der Waals surface area contributed by atoms with E-state index >= 15 is 0 Å². The molecule has 6 heterocycles. The molecule has 0 N–H and O–H groups in total. The van der Waals surface area contributed by atoms with Crippen molar-refractivity contribution < 1.29 is 71.5 Å². The van der Waals surface area contributed by atoms with Crippen LogP contribution < -0.4 is 23.7 Å². The lowest BCUT2D eigenvalue weighted by molar-refractivity contribution is -0.193. The Bertz CT molecular complexity index is 2790. The number of ether oxygens (including phenoxy) is 7. The van der Waals surface area contributed by atoms with Gasteiger partial charge in [-0.15, -0.1) is 0 Å². The second-order valence-electron chi connectivity index (χ2n) is 16.6. The Labute approximate surface area is 431 Å². The van der Waals surface area contributed by atoms with Gasteiger partial charge in [0, 0.05) is 43.0 Å². The molecule has 0 amide bonds. The summed E-state index contributed by atoms with van der Waals surface area (Å²) in [5, 5.41) is 0.771. The van der Waals surface area contributed by atoms with Crippen molar-refractivity contribution in [3.8, 4) is 28.7 Å². The van der Waals surface area contributed by atoms with Gasteiger partial charge in [0.15, 0.2) is 23.1 Å².